The van der Waals surface area contributed by atoms with Crippen LogP contribution in [0.1, 0.15) is 31.9 Å². The number of nitrogens with zero attached hydrogens (tertiary/aromatic N) is 2. The zero-order valence-corrected chi connectivity index (χ0v) is 24.0. The highest BCUT2D eigenvalue weighted by molar-refractivity contribution is 7.92. The van der Waals surface area contributed by atoms with E-state index in [4.69, 9.17) is 23.2 Å². The van der Waals surface area contributed by atoms with Gasteiger partial charge in [-0.1, -0.05) is 65.2 Å². The second kappa shape index (κ2) is 12.7. The third kappa shape index (κ3) is 7.28. The zero-order chi connectivity index (χ0) is 28.0. The van der Waals surface area contributed by atoms with Gasteiger partial charge in [-0.15, -0.1) is 0 Å². The van der Waals surface area contributed by atoms with Crippen molar-refractivity contribution >= 4 is 50.7 Å². The summed E-state index contributed by atoms with van der Waals surface area (Å²) in [5.74, 6) is -0.914. The predicted octanol–water partition coefficient (Wildman–Crippen LogP) is 5.44. The first-order valence-electron chi connectivity index (χ1n) is 12.1. The lowest BCUT2D eigenvalue weighted by atomic mass is 10.1. The summed E-state index contributed by atoms with van der Waals surface area (Å²) >= 11 is 12.2. The Morgan fingerprint density at radius 1 is 0.895 bits per heavy atom. The standard InChI is InChI=1S/C28H31Cl2N3O4S/c1-19(2)31-28(35)21(4)32(17-22-12-15-25(29)26(30)16-22)27(34)18-33(23-8-6-5-7-9-23)38(36,37)24-13-10-20(3)11-14-24/h5-16,19,21H,17-18H2,1-4H3,(H,31,35)/t21-/m0/s1. The number of rotatable bonds is 10. The molecule has 1 atom stereocenters. The maximum absolute atomic E-state index is 13.8. The quantitative estimate of drug-likeness (QED) is 0.348. The van der Waals surface area contributed by atoms with Crippen molar-refractivity contribution in [3.05, 3.63) is 94.0 Å². The van der Waals surface area contributed by atoms with Crippen molar-refractivity contribution in [1.29, 1.82) is 0 Å². The van der Waals surface area contributed by atoms with Crippen LogP contribution in [0, 0.1) is 6.92 Å². The van der Waals surface area contributed by atoms with Gasteiger partial charge in [0.15, 0.2) is 0 Å². The van der Waals surface area contributed by atoms with E-state index in [9.17, 15) is 18.0 Å². The second-order valence-electron chi connectivity index (χ2n) is 9.27. The van der Waals surface area contributed by atoms with E-state index in [1.807, 2.05) is 20.8 Å². The molecule has 2 amide bonds. The summed E-state index contributed by atoms with van der Waals surface area (Å²) in [6.45, 7) is 6.62. The van der Waals surface area contributed by atoms with Crippen molar-refractivity contribution in [2.45, 2.75) is 51.2 Å². The molecule has 1 N–H and O–H groups in total. The van der Waals surface area contributed by atoms with Crippen LogP contribution in [-0.2, 0) is 26.2 Å². The van der Waals surface area contributed by atoms with Crippen molar-refractivity contribution in [2.24, 2.45) is 0 Å². The Bertz CT molecular complexity index is 1380. The molecule has 0 aromatic heterocycles. The molecule has 3 aromatic rings. The number of para-hydroxylation sites is 1. The molecule has 0 spiro atoms. The smallest absolute Gasteiger partial charge is 0.264 e. The molecule has 0 fully saturated rings. The van der Waals surface area contributed by atoms with Gasteiger partial charge in [0.1, 0.15) is 12.6 Å². The Balaban J connectivity index is 2.01. The van der Waals surface area contributed by atoms with Crippen LogP contribution in [0.3, 0.4) is 0 Å². The number of anilines is 1. The molecule has 38 heavy (non-hydrogen) atoms. The molecule has 0 aliphatic heterocycles. The minimum atomic E-state index is -4.10. The van der Waals surface area contributed by atoms with Crippen LogP contribution in [0.25, 0.3) is 0 Å². The van der Waals surface area contributed by atoms with Crippen molar-refractivity contribution in [3.8, 4) is 0 Å². The summed E-state index contributed by atoms with van der Waals surface area (Å²) in [5, 5.41) is 3.49. The minimum absolute atomic E-state index is 0.0234. The Labute approximate surface area is 234 Å². The number of halogens is 2. The number of sulfonamides is 1. The number of hydrogen-bond acceptors (Lipinski definition) is 4. The number of hydrogen-bond donors (Lipinski definition) is 1. The van der Waals surface area contributed by atoms with Gasteiger partial charge in [0.2, 0.25) is 11.8 Å². The fraction of sp³-hybridized carbons (Fsp3) is 0.286. The van der Waals surface area contributed by atoms with Crippen LogP contribution < -0.4 is 9.62 Å². The number of carbonyl (C=O) groups is 2. The third-order valence-corrected chi connectivity index (χ3v) is 8.39. The molecule has 0 aliphatic rings. The summed E-state index contributed by atoms with van der Waals surface area (Å²) in [7, 11) is -4.10. The molecular weight excluding hydrogens is 545 g/mol. The molecule has 0 unspecified atom stereocenters. The maximum Gasteiger partial charge on any atom is 0.264 e. The first-order chi connectivity index (χ1) is 17.9. The van der Waals surface area contributed by atoms with Crippen LogP contribution in [0.15, 0.2) is 77.7 Å². The number of amides is 2. The van der Waals surface area contributed by atoms with E-state index in [0.29, 0.717) is 21.3 Å². The van der Waals surface area contributed by atoms with Gasteiger partial charge in [-0.3, -0.25) is 13.9 Å². The van der Waals surface area contributed by atoms with Crippen LogP contribution in [0.2, 0.25) is 10.0 Å². The lowest BCUT2D eigenvalue weighted by Crippen LogP contribution is -2.52. The summed E-state index contributed by atoms with van der Waals surface area (Å²) in [6.07, 6.45) is 0. The molecule has 7 nitrogen and oxygen atoms in total. The Kier molecular flexibility index (Phi) is 9.82. The highest BCUT2D eigenvalue weighted by Crippen LogP contribution is 2.26. The van der Waals surface area contributed by atoms with Crippen LogP contribution in [-0.4, -0.2) is 43.8 Å². The van der Waals surface area contributed by atoms with Crippen molar-refractivity contribution in [3.63, 3.8) is 0 Å². The molecule has 0 saturated carbocycles. The molecule has 0 radical (unpaired) electrons. The molecule has 3 rings (SSSR count). The molecule has 0 heterocycles. The fourth-order valence-electron chi connectivity index (χ4n) is 3.78. The topological polar surface area (TPSA) is 86.8 Å². The van der Waals surface area contributed by atoms with E-state index in [0.717, 1.165) is 9.87 Å². The zero-order valence-electron chi connectivity index (χ0n) is 21.7. The van der Waals surface area contributed by atoms with E-state index >= 15 is 0 Å². The van der Waals surface area contributed by atoms with Gasteiger partial charge in [-0.2, -0.15) is 0 Å². The average molecular weight is 577 g/mol. The predicted molar refractivity (Wildman–Crippen MR) is 152 cm³/mol. The number of nitrogens with one attached hydrogen (secondary N) is 1. The summed E-state index contributed by atoms with van der Waals surface area (Å²) in [6, 6.07) is 18.7. The Morgan fingerprint density at radius 3 is 2.11 bits per heavy atom. The monoisotopic (exact) mass is 575 g/mol. The summed E-state index contributed by atoms with van der Waals surface area (Å²) in [5.41, 5.74) is 1.88. The normalized spacial score (nSPS) is 12.2. The minimum Gasteiger partial charge on any atom is -0.352 e. The number of carbonyl (C=O) groups excluding carboxylic acids is 2. The molecule has 0 aliphatic carbocycles. The summed E-state index contributed by atoms with van der Waals surface area (Å²) in [4.78, 5) is 28.2. The van der Waals surface area contributed by atoms with Crippen molar-refractivity contribution in [2.75, 3.05) is 10.8 Å². The second-order valence-corrected chi connectivity index (χ2v) is 11.9. The highest BCUT2D eigenvalue weighted by Gasteiger charge is 2.32. The maximum atomic E-state index is 13.8. The van der Waals surface area contributed by atoms with Gasteiger partial charge in [-0.25, -0.2) is 8.42 Å². The van der Waals surface area contributed by atoms with Crippen molar-refractivity contribution in [1.82, 2.24) is 10.2 Å². The van der Waals surface area contributed by atoms with Gasteiger partial charge in [-0.05, 0) is 69.7 Å². The Morgan fingerprint density at radius 2 is 1.53 bits per heavy atom. The third-order valence-electron chi connectivity index (χ3n) is 5.87. The molecule has 0 bridgehead atoms. The molecule has 10 heteroatoms. The molecule has 202 valence electrons. The lowest BCUT2D eigenvalue weighted by molar-refractivity contribution is -0.139. The largest absolute Gasteiger partial charge is 0.352 e. The fourth-order valence-corrected chi connectivity index (χ4v) is 5.52. The number of aryl methyl sites for hydroxylation is 1. The lowest BCUT2D eigenvalue weighted by Gasteiger charge is -2.32. The van der Waals surface area contributed by atoms with Crippen LogP contribution >= 0.6 is 23.2 Å². The van der Waals surface area contributed by atoms with Gasteiger partial charge >= 0.3 is 0 Å². The van der Waals surface area contributed by atoms with Gasteiger partial charge in [0, 0.05) is 12.6 Å². The summed E-state index contributed by atoms with van der Waals surface area (Å²) < 4.78 is 28.5. The van der Waals surface area contributed by atoms with E-state index < -0.39 is 28.5 Å². The average Bonchev–Trinajstić information content (AvgIpc) is 2.87. The number of benzene rings is 3. The van der Waals surface area contributed by atoms with Gasteiger partial charge < -0.3 is 10.2 Å². The first-order valence-corrected chi connectivity index (χ1v) is 14.3. The first kappa shape index (κ1) is 29.5. The van der Waals surface area contributed by atoms with E-state index in [-0.39, 0.29) is 23.4 Å². The van der Waals surface area contributed by atoms with E-state index in [1.54, 1.807) is 67.6 Å². The molecule has 0 saturated heterocycles. The molecule has 3 aromatic carbocycles. The highest BCUT2D eigenvalue weighted by atomic mass is 35.5. The van der Waals surface area contributed by atoms with Gasteiger partial charge in [0.25, 0.3) is 10.0 Å². The van der Waals surface area contributed by atoms with Crippen molar-refractivity contribution < 1.29 is 18.0 Å². The van der Waals surface area contributed by atoms with E-state index in [2.05, 4.69) is 5.32 Å². The van der Waals surface area contributed by atoms with E-state index in [1.165, 1.54) is 17.0 Å². The Hall–Kier alpha value is -3.07. The van der Waals surface area contributed by atoms with Crippen LogP contribution in [0.5, 0.6) is 0 Å². The molecular formula is C28H31Cl2N3O4S. The van der Waals surface area contributed by atoms with Gasteiger partial charge in [0.05, 0.1) is 20.6 Å². The van der Waals surface area contributed by atoms with Crippen LogP contribution in [0.4, 0.5) is 5.69 Å². The SMILES string of the molecule is Cc1ccc(S(=O)(=O)N(CC(=O)N(Cc2ccc(Cl)c(Cl)c2)[C@@H](C)C(=O)NC(C)C)c2ccccc2)cc1.